The number of hydrogen-bond acceptors (Lipinski definition) is 4. The Bertz CT molecular complexity index is 1140. The molecule has 0 fully saturated rings. The lowest BCUT2D eigenvalue weighted by atomic mass is 10.1. The van der Waals surface area contributed by atoms with Crippen LogP contribution in [-0.2, 0) is 10.0 Å². The summed E-state index contributed by atoms with van der Waals surface area (Å²) in [6.07, 6.45) is 0. The monoisotopic (exact) mass is 376 g/mol. The first kappa shape index (κ1) is 17.1. The van der Waals surface area contributed by atoms with Gasteiger partial charge in [0, 0.05) is 11.6 Å². The lowest BCUT2D eigenvalue weighted by Gasteiger charge is -2.06. The normalized spacial score (nSPS) is 11.3. The van der Waals surface area contributed by atoms with Gasteiger partial charge >= 0.3 is 0 Å². The van der Waals surface area contributed by atoms with Crippen molar-refractivity contribution < 1.29 is 12.9 Å². The highest BCUT2D eigenvalue weighted by Crippen LogP contribution is 2.25. The SMILES string of the molecule is O=S(=O)(Nc1cc(-c2ccccc2)on1)c1ccc(-c2ccccc2)cc1. The van der Waals surface area contributed by atoms with Gasteiger partial charge in [-0.1, -0.05) is 78.0 Å². The maximum Gasteiger partial charge on any atom is 0.263 e. The van der Waals surface area contributed by atoms with Gasteiger partial charge in [0.2, 0.25) is 0 Å². The molecule has 4 rings (SSSR count). The van der Waals surface area contributed by atoms with Crippen molar-refractivity contribution in [2.24, 2.45) is 0 Å². The quantitative estimate of drug-likeness (QED) is 0.542. The van der Waals surface area contributed by atoms with Gasteiger partial charge in [0.15, 0.2) is 11.6 Å². The highest BCUT2D eigenvalue weighted by Gasteiger charge is 2.17. The van der Waals surface area contributed by atoms with E-state index in [4.69, 9.17) is 4.52 Å². The summed E-state index contributed by atoms with van der Waals surface area (Å²) in [6.45, 7) is 0. The lowest BCUT2D eigenvalue weighted by molar-refractivity contribution is 0.435. The molecule has 5 nitrogen and oxygen atoms in total. The maximum atomic E-state index is 12.6. The Hall–Kier alpha value is -3.38. The topological polar surface area (TPSA) is 72.2 Å². The van der Waals surface area contributed by atoms with Crippen molar-refractivity contribution in [2.75, 3.05) is 4.72 Å². The van der Waals surface area contributed by atoms with Crippen LogP contribution in [0.2, 0.25) is 0 Å². The second kappa shape index (κ2) is 7.09. The molecule has 134 valence electrons. The van der Waals surface area contributed by atoms with E-state index in [2.05, 4.69) is 9.88 Å². The van der Waals surface area contributed by atoms with Crippen molar-refractivity contribution >= 4 is 15.8 Å². The molecule has 27 heavy (non-hydrogen) atoms. The second-order valence-corrected chi connectivity index (χ2v) is 7.62. The standard InChI is InChI=1S/C21H16N2O3S/c24-27(25,19-13-11-17(12-14-19)16-7-3-1-4-8-16)23-21-15-20(26-22-21)18-9-5-2-6-10-18/h1-15H,(H,22,23). The fraction of sp³-hybridized carbons (Fsp3) is 0. The zero-order valence-electron chi connectivity index (χ0n) is 14.2. The average Bonchev–Trinajstić information content (AvgIpc) is 3.17. The van der Waals surface area contributed by atoms with Gasteiger partial charge < -0.3 is 4.52 Å². The van der Waals surface area contributed by atoms with Gasteiger partial charge in [0.05, 0.1) is 4.90 Å². The highest BCUT2D eigenvalue weighted by molar-refractivity contribution is 7.92. The molecule has 0 spiro atoms. The van der Waals surface area contributed by atoms with Crippen LogP contribution in [0.25, 0.3) is 22.5 Å². The molecule has 0 radical (unpaired) electrons. The average molecular weight is 376 g/mol. The summed E-state index contributed by atoms with van der Waals surface area (Å²) in [6, 6.07) is 27.4. The summed E-state index contributed by atoms with van der Waals surface area (Å²) in [7, 11) is -3.75. The summed E-state index contributed by atoms with van der Waals surface area (Å²) < 4.78 is 32.9. The molecule has 0 amide bonds. The second-order valence-electron chi connectivity index (χ2n) is 5.94. The third-order valence-electron chi connectivity index (χ3n) is 4.08. The lowest BCUT2D eigenvalue weighted by Crippen LogP contribution is -2.12. The first-order valence-electron chi connectivity index (χ1n) is 8.32. The molecule has 3 aromatic carbocycles. The number of benzene rings is 3. The first-order valence-corrected chi connectivity index (χ1v) is 9.81. The van der Waals surface area contributed by atoms with Crippen LogP contribution in [0.3, 0.4) is 0 Å². The molecule has 0 bridgehead atoms. The van der Waals surface area contributed by atoms with Gasteiger partial charge in [-0.25, -0.2) is 8.42 Å². The summed E-state index contributed by atoms with van der Waals surface area (Å²) in [5.41, 5.74) is 2.79. The van der Waals surface area contributed by atoms with Crippen LogP contribution in [0.15, 0.2) is 100 Å². The Morgan fingerprint density at radius 2 is 1.26 bits per heavy atom. The third kappa shape index (κ3) is 3.75. The molecule has 0 saturated heterocycles. The summed E-state index contributed by atoms with van der Waals surface area (Å²) in [5.74, 6) is 0.633. The fourth-order valence-corrected chi connectivity index (χ4v) is 3.70. The van der Waals surface area contributed by atoms with Crippen LogP contribution in [0.4, 0.5) is 5.82 Å². The highest BCUT2D eigenvalue weighted by atomic mass is 32.2. The molecular formula is C21H16N2O3S. The van der Waals surface area contributed by atoms with Gasteiger partial charge in [-0.05, 0) is 23.3 Å². The van der Waals surface area contributed by atoms with Crippen molar-refractivity contribution in [1.82, 2.24) is 5.16 Å². The van der Waals surface area contributed by atoms with Crippen molar-refractivity contribution in [2.45, 2.75) is 4.90 Å². The van der Waals surface area contributed by atoms with Crippen molar-refractivity contribution in [3.63, 3.8) is 0 Å². The minimum absolute atomic E-state index is 0.140. The van der Waals surface area contributed by atoms with E-state index in [9.17, 15) is 8.42 Å². The van der Waals surface area contributed by atoms with Crippen LogP contribution < -0.4 is 4.72 Å². The summed E-state index contributed by atoms with van der Waals surface area (Å²) in [5, 5.41) is 3.80. The Morgan fingerprint density at radius 3 is 1.89 bits per heavy atom. The number of rotatable bonds is 5. The Kier molecular flexibility index (Phi) is 4.48. The predicted octanol–water partition coefficient (Wildman–Crippen LogP) is 4.81. The van der Waals surface area contributed by atoms with E-state index in [0.29, 0.717) is 5.76 Å². The molecule has 4 aromatic rings. The van der Waals surface area contributed by atoms with Crippen LogP contribution in [0.5, 0.6) is 0 Å². The van der Waals surface area contributed by atoms with Gasteiger partial charge in [-0.2, -0.15) is 0 Å². The van der Waals surface area contributed by atoms with E-state index in [1.807, 2.05) is 60.7 Å². The van der Waals surface area contributed by atoms with Crippen LogP contribution in [0.1, 0.15) is 0 Å². The Labute approximate surface area is 157 Å². The van der Waals surface area contributed by atoms with E-state index in [1.165, 1.54) is 0 Å². The Morgan fingerprint density at radius 1 is 0.704 bits per heavy atom. The van der Waals surface area contributed by atoms with Crippen LogP contribution >= 0.6 is 0 Å². The van der Waals surface area contributed by atoms with Crippen molar-refractivity contribution in [3.05, 3.63) is 91.0 Å². The molecule has 1 aromatic heterocycles. The molecular weight excluding hydrogens is 360 g/mol. The van der Waals surface area contributed by atoms with Crippen LogP contribution in [0, 0.1) is 0 Å². The van der Waals surface area contributed by atoms with Gasteiger partial charge in [0.1, 0.15) is 0 Å². The summed E-state index contributed by atoms with van der Waals surface area (Å²) in [4.78, 5) is 0.159. The van der Waals surface area contributed by atoms with Gasteiger partial charge in [0.25, 0.3) is 10.0 Å². The minimum Gasteiger partial charge on any atom is -0.354 e. The number of sulfonamides is 1. The largest absolute Gasteiger partial charge is 0.354 e. The molecule has 0 aliphatic rings. The van der Waals surface area contributed by atoms with E-state index in [-0.39, 0.29) is 10.7 Å². The number of nitrogens with one attached hydrogen (secondary N) is 1. The van der Waals surface area contributed by atoms with Crippen LogP contribution in [-0.4, -0.2) is 13.6 Å². The Balaban J connectivity index is 1.55. The first-order chi connectivity index (χ1) is 13.1. The zero-order valence-corrected chi connectivity index (χ0v) is 15.1. The molecule has 6 heteroatoms. The molecule has 1 heterocycles. The third-order valence-corrected chi connectivity index (χ3v) is 5.45. The van der Waals surface area contributed by atoms with E-state index < -0.39 is 10.0 Å². The molecule has 0 aliphatic heterocycles. The van der Waals surface area contributed by atoms with Gasteiger partial charge in [-0.15, -0.1) is 0 Å². The van der Waals surface area contributed by atoms with Crippen molar-refractivity contribution in [1.29, 1.82) is 0 Å². The fourth-order valence-electron chi connectivity index (χ4n) is 2.72. The molecule has 0 atom stereocenters. The number of nitrogens with zero attached hydrogens (tertiary/aromatic N) is 1. The van der Waals surface area contributed by atoms with E-state index in [1.54, 1.807) is 30.3 Å². The van der Waals surface area contributed by atoms with E-state index in [0.717, 1.165) is 16.7 Å². The summed E-state index contributed by atoms with van der Waals surface area (Å²) >= 11 is 0. The van der Waals surface area contributed by atoms with E-state index >= 15 is 0 Å². The predicted molar refractivity (Wildman–Crippen MR) is 105 cm³/mol. The number of anilines is 1. The molecule has 0 saturated carbocycles. The molecule has 0 aliphatic carbocycles. The minimum atomic E-state index is -3.75. The van der Waals surface area contributed by atoms with Gasteiger partial charge in [-0.3, -0.25) is 4.72 Å². The van der Waals surface area contributed by atoms with Crippen molar-refractivity contribution in [3.8, 4) is 22.5 Å². The number of hydrogen-bond donors (Lipinski definition) is 1. The molecule has 1 N–H and O–H groups in total. The smallest absolute Gasteiger partial charge is 0.263 e. The maximum absolute atomic E-state index is 12.6. The number of aromatic nitrogens is 1. The zero-order chi connectivity index (χ0) is 18.7. The molecule has 0 unspecified atom stereocenters.